The number of rotatable bonds is 5. The molecule has 1 fully saturated rings. The van der Waals surface area contributed by atoms with Crippen LogP contribution in [0, 0.1) is 11.7 Å². The molecule has 106 valence electrons. The first-order valence-electron chi connectivity index (χ1n) is 6.98. The van der Waals surface area contributed by atoms with Crippen LogP contribution < -0.4 is 5.32 Å². The Morgan fingerprint density at radius 2 is 2.15 bits per heavy atom. The lowest BCUT2D eigenvalue weighted by atomic mass is 10.1. The van der Waals surface area contributed by atoms with Gasteiger partial charge in [-0.3, -0.25) is 0 Å². The number of hydrogen-bond acceptors (Lipinski definition) is 2. The maximum Gasteiger partial charge on any atom is 0.150 e. The van der Waals surface area contributed by atoms with Crippen molar-refractivity contribution in [2.75, 3.05) is 6.54 Å². The minimum Gasteiger partial charge on any atom is -0.309 e. The molecular weight excluding hydrogens is 293 g/mol. The van der Waals surface area contributed by atoms with E-state index in [0.717, 1.165) is 17.3 Å². The Kier molecular flexibility index (Phi) is 4.11. The number of hydrogen-bond donors (Lipinski definition) is 1. The zero-order valence-electron chi connectivity index (χ0n) is 11.3. The van der Waals surface area contributed by atoms with Crippen LogP contribution in [0.3, 0.4) is 0 Å². The lowest BCUT2D eigenvalue weighted by Crippen LogP contribution is -2.21. The van der Waals surface area contributed by atoms with Gasteiger partial charge in [0.15, 0.2) is 0 Å². The van der Waals surface area contributed by atoms with E-state index in [0.29, 0.717) is 11.6 Å². The van der Waals surface area contributed by atoms with E-state index in [-0.39, 0.29) is 10.8 Å². The molecule has 0 spiro atoms. The van der Waals surface area contributed by atoms with Gasteiger partial charge in [-0.15, -0.1) is 11.3 Å². The van der Waals surface area contributed by atoms with Gasteiger partial charge in [-0.25, -0.2) is 4.39 Å². The van der Waals surface area contributed by atoms with E-state index < -0.39 is 0 Å². The molecule has 0 amide bonds. The highest BCUT2D eigenvalue weighted by Crippen LogP contribution is 2.44. The minimum absolute atomic E-state index is 0.183. The van der Waals surface area contributed by atoms with Gasteiger partial charge in [-0.2, -0.15) is 0 Å². The molecule has 1 aromatic carbocycles. The van der Waals surface area contributed by atoms with E-state index >= 15 is 0 Å². The topological polar surface area (TPSA) is 12.0 Å². The van der Waals surface area contributed by atoms with Crippen LogP contribution in [0.2, 0.25) is 5.02 Å². The Morgan fingerprint density at radius 3 is 2.85 bits per heavy atom. The largest absolute Gasteiger partial charge is 0.309 e. The zero-order chi connectivity index (χ0) is 14.1. The van der Waals surface area contributed by atoms with Gasteiger partial charge in [0.2, 0.25) is 0 Å². The summed E-state index contributed by atoms with van der Waals surface area (Å²) in [6, 6.07) is 9.70. The summed E-state index contributed by atoms with van der Waals surface area (Å²) in [6.07, 6.45) is 2.58. The first-order chi connectivity index (χ1) is 9.70. The van der Waals surface area contributed by atoms with E-state index in [1.807, 2.05) is 6.07 Å². The highest BCUT2D eigenvalue weighted by atomic mass is 35.5. The van der Waals surface area contributed by atoms with Gasteiger partial charge in [0.05, 0.1) is 5.02 Å². The maximum absolute atomic E-state index is 14.1. The number of thiophene rings is 1. The van der Waals surface area contributed by atoms with Crippen LogP contribution in [-0.4, -0.2) is 6.54 Å². The van der Waals surface area contributed by atoms with Gasteiger partial charge in [0.1, 0.15) is 5.82 Å². The van der Waals surface area contributed by atoms with Crippen molar-refractivity contribution >= 4 is 22.9 Å². The van der Waals surface area contributed by atoms with Gasteiger partial charge in [0, 0.05) is 21.4 Å². The number of halogens is 2. The highest BCUT2D eigenvalue weighted by Gasteiger charge is 2.32. The van der Waals surface area contributed by atoms with Crippen molar-refractivity contribution in [2.24, 2.45) is 5.92 Å². The quantitative estimate of drug-likeness (QED) is 0.793. The average molecular weight is 310 g/mol. The summed E-state index contributed by atoms with van der Waals surface area (Å²) < 4.78 is 14.1. The van der Waals surface area contributed by atoms with Crippen molar-refractivity contribution in [3.05, 3.63) is 46.0 Å². The molecule has 1 heterocycles. The second kappa shape index (κ2) is 5.84. The molecular formula is C16H17ClFNS. The van der Waals surface area contributed by atoms with Crippen LogP contribution in [0.1, 0.15) is 30.7 Å². The Bertz CT molecular complexity index is 606. The molecule has 3 rings (SSSR count). The lowest BCUT2D eigenvalue weighted by molar-refractivity contribution is 0.504. The molecule has 1 aliphatic rings. The van der Waals surface area contributed by atoms with Crippen LogP contribution in [0.5, 0.6) is 0 Å². The fraction of sp³-hybridized carbons (Fsp3) is 0.375. The third kappa shape index (κ3) is 2.76. The maximum atomic E-state index is 14.1. The molecule has 4 heteroatoms. The van der Waals surface area contributed by atoms with Crippen LogP contribution in [0.4, 0.5) is 4.39 Å². The average Bonchev–Trinajstić information content (AvgIpc) is 3.17. The fourth-order valence-corrected chi connectivity index (χ4v) is 3.88. The molecule has 1 nitrogen and oxygen atoms in total. The number of nitrogens with one attached hydrogen (secondary N) is 1. The second-order valence-corrected chi connectivity index (χ2v) is 6.70. The summed E-state index contributed by atoms with van der Waals surface area (Å²) in [4.78, 5) is 2.24. The van der Waals surface area contributed by atoms with Crippen LogP contribution in [-0.2, 0) is 0 Å². The van der Waals surface area contributed by atoms with Gasteiger partial charge < -0.3 is 5.32 Å². The molecule has 0 saturated heterocycles. The normalized spacial score (nSPS) is 16.4. The molecule has 2 aromatic rings. The van der Waals surface area contributed by atoms with Crippen molar-refractivity contribution in [1.82, 2.24) is 5.32 Å². The standard InChI is InChI=1S/C16H17ClFNS/c1-2-19-16(10-6-7-10)14-9-8-13(20-14)11-4-3-5-12(17)15(11)18/h3-5,8-10,16,19H,2,6-7H2,1H3. The van der Waals surface area contributed by atoms with E-state index in [2.05, 4.69) is 18.3 Å². The van der Waals surface area contributed by atoms with Crippen LogP contribution in [0.25, 0.3) is 10.4 Å². The Morgan fingerprint density at radius 1 is 1.35 bits per heavy atom. The molecule has 20 heavy (non-hydrogen) atoms. The van der Waals surface area contributed by atoms with E-state index in [1.54, 1.807) is 29.5 Å². The van der Waals surface area contributed by atoms with Gasteiger partial charge in [-0.1, -0.05) is 30.7 Å². The van der Waals surface area contributed by atoms with Crippen molar-refractivity contribution in [3.63, 3.8) is 0 Å². The van der Waals surface area contributed by atoms with E-state index in [1.165, 1.54) is 17.7 Å². The molecule has 1 aromatic heterocycles. The van der Waals surface area contributed by atoms with Crippen LogP contribution in [0.15, 0.2) is 30.3 Å². The van der Waals surface area contributed by atoms with E-state index in [4.69, 9.17) is 11.6 Å². The first kappa shape index (κ1) is 14.1. The van der Waals surface area contributed by atoms with Crippen LogP contribution >= 0.6 is 22.9 Å². The molecule has 1 unspecified atom stereocenters. The van der Waals surface area contributed by atoms with Gasteiger partial charge >= 0.3 is 0 Å². The zero-order valence-corrected chi connectivity index (χ0v) is 12.9. The lowest BCUT2D eigenvalue weighted by Gasteiger charge is -2.15. The summed E-state index contributed by atoms with van der Waals surface area (Å²) in [5, 5.41) is 3.73. The van der Waals surface area contributed by atoms with Crippen molar-refractivity contribution < 1.29 is 4.39 Å². The van der Waals surface area contributed by atoms with Crippen molar-refractivity contribution in [1.29, 1.82) is 0 Å². The Labute approximate surface area is 127 Å². The predicted octanol–water partition coefficient (Wildman–Crippen LogP) is 5.27. The predicted molar refractivity (Wildman–Crippen MR) is 83.9 cm³/mol. The molecule has 1 N–H and O–H groups in total. The molecule has 0 bridgehead atoms. The Balaban J connectivity index is 1.91. The SMILES string of the molecule is CCNC(c1ccc(-c2cccc(Cl)c2F)s1)C1CC1. The summed E-state index contributed by atoms with van der Waals surface area (Å²) >= 11 is 7.52. The summed E-state index contributed by atoms with van der Waals surface area (Å²) in [6.45, 7) is 3.08. The summed E-state index contributed by atoms with van der Waals surface area (Å²) in [5.74, 6) is 0.416. The fourth-order valence-electron chi connectivity index (χ4n) is 2.51. The van der Waals surface area contributed by atoms with E-state index in [9.17, 15) is 4.39 Å². The molecule has 1 aliphatic carbocycles. The number of benzene rings is 1. The third-order valence-electron chi connectivity index (χ3n) is 3.67. The molecule has 1 atom stereocenters. The smallest absolute Gasteiger partial charge is 0.150 e. The van der Waals surface area contributed by atoms with Gasteiger partial charge in [-0.05, 0) is 43.5 Å². The monoisotopic (exact) mass is 309 g/mol. The molecule has 1 saturated carbocycles. The second-order valence-electron chi connectivity index (χ2n) is 5.18. The first-order valence-corrected chi connectivity index (χ1v) is 8.17. The van der Waals surface area contributed by atoms with Crippen molar-refractivity contribution in [3.8, 4) is 10.4 Å². The summed E-state index contributed by atoms with van der Waals surface area (Å²) in [7, 11) is 0. The third-order valence-corrected chi connectivity index (χ3v) is 5.16. The minimum atomic E-state index is -0.325. The summed E-state index contributed by atoms with van der Waals surface area (Å²) in [5.41, 5.74) is 0.597. The Hall–Kier alpha value is -0.900. The van der Waals surface area contributed by atoms with Gasteiger partial charge in [0.25, 0.3) is 0 Å². The molecule has 0 aliphatic heterocycles. The molecule has 0 radical (unpaired) electrons. The highest BCUT2D eigenvalue weighted by molar-refractivity contribution is 7.15. The van der Waals surface area contributed by atoms with Crippen molar-refractivity contribution in [2.45, 2.75) is 25.8 Å².